The van der Waals surface area contributed by atoms with Crippen LogP contribution >= 0.6 is 0 Å². The fourth-order valence-electron chi connectivity index (χ4n) is 3.31. The Bertz CT molecular complexity index is 1210. The highest BCUT2D eigenvalue weighted by Gasteiger charge is 2.26. The van der Waals surface area contributed by atoms with E-state index in [0.717, 1.165) is 5.69 Å². The summed E-state index contributed by atoms with van der Waals surface area (Å²) in [7, 11) is 4.81. The molecule has 1 aromatic heterocycles. The molecule has 10 nitrogen and oxygen atoms in total. The second kappa shape index (κ2) is 8.95. The third-order valence-electron chi connectivity index (χ3n) is 5.19. The van der Waals surface area contributed by atoms with Crippen molar-refractivity contribution in [2.75, 3.05) is 48.2 Å². The van der Waals surface area contributed by atoms with Gasteiger partial charge in [-0.3, -0.25) is 9.59 Å². The van der Waals surface area contributed by atoms with Crippen LogP contribution in [0.3, 0.4) is 0 Å². The average Bonchev–Trinajstić information content (AvgIpc) is 2.83. The van der Waals surface area contributed by atoms with Gasteiger partial charge in [-0.1, -0.05) is 0 Å². The van der Waals surface area contributed by atoms with Gasteiger partial charge in [0.1, 0.15) is 5.69 Å². The molecule has 0 saturated heterocycles. The molecule has 0 atom stereocenters. The van der Waals surface area contributed by atoms with Gasteiger partial charge in [0, 0.05) is 31.0 Å². The first-order valence-corrected chi connectivity index (χ1v) is 10.1. The summed E-state index contributed by atoms with van der Waals surface area (Å²) in [6.45, 7) is 0.250. The number of hydrogen-bond donors (Lipinski definition) is 2. The molecule has 2 amide bonds. The van der Waals surface area contributed by atoms with Crippen LogP contribution in [0.4, 0.5) is 28.8 Å². The third-order valence-corrected chi connectivity index (χ3v) is 5.19. The summed E-state index contributed by atoms with van der Waals surface area (Å²) in [5, 5.41) is 5.94. The molecule has 0 saturated carbocycles. The zero-order valence-corrected chi connectivity index (χ0v) is 18.3. The molecule has 0 spiro atoms. The number of aromatic nitrogens is 2. The standard InChI is InChI=1S/C23H22N6O4/c1-28-13-19(30)29(2)18-12-24-23(27-20(18)28)26-17-10-8-16(9-11-17)25-21(31)14-4-6-15(7-5-14)22(32)33-3/h4-12H,13H2,1-3H3,(H,25,31)(H,24,26,27). The first kappa shape index (κ1) is 21.8. The van der Waals surface area contributed by atoms with Gasteiger partial charge in [-0.2, -0.15) is 4.98 Å². The van der Waals surface area contributed by atoms with Gasteiger partial charge in [-0.15, -0.1) is 0 Å². The predicted molar refractivity (Wildman–Crippen MR) is 124 cm³/mol. The molecule has 168 valence electrons. The lowest BCUT2D eigenvalue weighted by Gasteiger charge is -2.31. The number of likely N-dealkylation sites (N-methyl/N-ethyl adjacent to an activating group) is 2. The number of benzene rings is 2. The number of rotatable bonds is 5. The summed E-state index contributed by atoms with van der Waals surface area (Å²) in [6, 6.07) is 13.3. The molecule has 2 heterocycles. The summed E-state index contributed by atoms with van der Waals surface area (Å²) >= 11 is 0. The highest BCUT2D eigenvalue weighted by Crippen LogP contribution is 2.30. The van der Waals surface area contributed by atoms with E-state index in [9.17, 15) is 14.4 Å². The van der Waals surface area contributed by atoms with Crippen LogP contribution < -0.4 is 20.4 Å². The number of carbonyl (C=O) groups is 3. The van der Waals surface area contributed by atoms with E-state index in [4.69, 9.17) is 0 Å². The number of amides is 2. The summed E-state index contributed by atoms with van der Waals surface area (Å²) in [5.74, 6) is 0.279. The molecule has 3 aromatic rings. The summed E-state index contributed by atoms with van der Waals surface area (Å²) in [4.78, 5) is 48.1. The maximum absolute atomic E-state index is 12.5. The molecule has 10 heteroatoms. The van der Waals surface area contributed by atoms with Crippen molar-refractivity contribution >= 4 is 46.6 Å². The minimum absolute atomic E-state index is 0.0219. The van der Waals surface area contributed by atoms with Crippen molar-refractivity contribution < 1.29 is 19.1 Å². The monoisotopic (exact) mass is 446 g/mol. The average molecular weight is 446 g/mol. The highest BCUT2D eigenvalue weighted by molar-refractivity contribution is 6.05. The Labute approximate surface area is 190 Å². The van der Waals surface area contributed by atoms with Crippen molar-refractivity contribution in [2.45, 2.75) is 0 Å². The van der Waals surface area contributed by atoms with Crippen LogP contribution in [0.15, 0.2) is 54.7 Å². The van der Waals surface area contributed by atoms with Gasteiger partial charge in [0.15, 0.2) is 5.82 Å². The molecule has 1 aliphatic heterocycles. The van der Waals surface area contributed by atoms with Crippen LogP contribution in [0.25, 0.3) is 0 Å². The van der Waals surface area contributed by atoms with Crippen LogP contribution in [0.1, 0.15) is 20.7 Å². The molecular weight excluding hydrogens is 424 g/mol. The van der Waals surface area contributed by atoms with Crippen LogP contribution in [0, 0.1) is 0 Å². The molecule has 4 rings (SSSR count). The molecule has 0 bridgehead atoms. The number of nitrogens with zero attached hydrogens (tertiary/aromatic N) is 4. The number of ether oxygens (including phenoxy) is 1. The van der Waals surface area contributed by atoms with E-state index in [1.807, 2.05) is 0 Å². The molecule has 1 aliphatic rings. The first-order valence-electron chi connectivity index (χ1n) is 10.1. The molecule has 2 N–H and O–H groups in total. The number of hydrogen-bond acceptors (Lipinski definition) is 8. The van der Waals surface area contributed by atoms with Gasteiger partial charge in [-0.25, -0.2) is 9.78 Å². The van der Waals surface area contributed by atoms with Crippen LogP contribution in [0.5, 0.6) is 0 Å². The lowest BCUT2D eigenvalue weighted by molar-refractivity contribution is -0.117. The fraction of sp³-hybridized carbons (Fsp3) is 0.174. The Morgan fingerprint density at radius 3 is 2.27 bits per heavy atom. The SMILES string of the molecule is COC(=O)c1ccc(C(=O)Nc2ccc(Nc3ncc4c(n3)N(C)CC(=O)N4C)cc2)cc1. The predicted octanol–water partition coefficient (Wildman–Crippen LogP) is 2.67. The van der Waals surface area contributed by atoms with Gasteiger partial charge in [-0.05, 0) is 48.5 Å². The normalized spacial score (nSPS) is 12.8. The number of fused-ring (bicyclic) bond motifs is 1. The van der Waals surface area contributed by atoms with Crippen molar-refractivity contribution in [3.8, 4) is 0 Å². The first-order chi connectivity index (χ1) is 15.9. The van der Waals surface area contributed by atoms with Crippen molar-refractivity contribution in [2.24, 2.45) is 0 Å². The molecular formula is C23H22N6O4. The highest BCUT2D eigenvalue weighted by atomic mass is 16.5. The summed E-state index contributed by atoms with van der Waals surface area (Å²) in [5.41, 5.74) is 2.78. The van der Waals surface area contributed by atoms with E-state index in [1.54, 1.807) is 66.5 Å². The van der Waals surface area contributed by atoms with Gasteiger partial charge in [0.2, 0.25) is 11.9 Å². The Balaban J connectivity index is 1.42. The Morgan fingerprint density at radius 1 is 0.970 bits per heavy atom. The number of nitrogens with one attached hydrogen (secondary N) is 2. The largest absolute Gasteiger partial charge is 0.465 e. The third kappa shape index (κ3) is 4.59. The van der Waals surface area contributed by atoms with E-state index in [0.29, 0.717) is 34.3 Å². The van der Waals surface area contributed by atoms with Crippen LogP contribution in [0.2, 0.25) is 0 Å². The van der Waals surface area contributed by atoms with Crippen LogP contribution in [-0.4, -0.2) is 55.5 Å². The Kier molecular flexibility index (Phi) is 5.90. The Morgan fingerprint density at radius 2 is 1.61 bits per heavy atom. The Hall–Kier alpha value is -4.47. The number of methoxy groups -OCH3 is 1. The van der Waals surface area contributed by atoms with E-state index in [1.165, 1.54) is 19.2 Å². The van der Waals surface area contributed by atoms with E-state index < -0.39 is 5.97 Å². The van der Waals surface area contributed by atoms with Gasteiger partial charge < -0.3 is 25.2 Å². The van der Waals surface area contributed by atoms with Crippen molar-refractivity contribution in [1.82, 2.24) is 9.97 Å². The molecule has 0 fully saturated rings. The number of carbonyl (C=O) groups excluding carboxylic acids is 3. The molecule has 0 aliphatic carbocycles. The zero-order chi connectivity index (χ0) is 23.5. The summed E-state index contributed by atoms with van der Waals surface area (Å²) < 4.78 is 4.66. The van der Waals surface area contributed by atoms with Crippen LogP contribution in [-0.2, 0) is 9.53 Å². The molecule has 33 heavy (non-hydrogen) atoms. The van der Waals surface area contributed by atoms with E-state index in [2.05, 4.69) is 25.3 Å². The molecule has 0 unspecified atom stereocenters. The van der Waals surface area contributed by atoms with Gasteiger partial charge in [0.25, 0.3) is 5.91 Å². The minimum atomic E-state index is -0.458. The summed E-state index contributed by atoms with van der Waals surface area (Å²) in [6.07, 6.45) is 1.61. The van der Waals surface area contributed by atoms with Gasteiger partial charge >= 0.3 is 5.97 Å². The number of anilines is 5. The quantitative estimate of drug-likeness (QED) is 0.575. The maximum atomic E-state index is 12.5. The zero-order valence-electron chi connectivity index (χ0n) is 18.3. The maximum Gasteiger partial charge on any atom is 0.337 e. The van der Waals surface area contributed by atoms with Crippen molar-refractivity contribution in [3.05, 3.63) is 65.9 Å². The number of esters is 1. The second-order valence-corrected chi connectivity index (χ2v) is 7.44. The second-order valence-electron chi connectivity index (χ2n) is 7.44. The van der Waals surface area contributed by atoms with E-state index >= 15 is 0 Å². The van der Waals surface area contributed by atoms with Crippen molar-refractivity contribution in [3.63, 3.8) is 0 Å². The smallest absolute Gasteiger partial charge is 0.337 e. The minimum Gasteiger partial charge on any atom is -0.465 e. The van der Waals surface area contributed by atoms with Gasteiger partial charge in [0.05, 0.1) is 25.4 Å². The lowest BCUT2D eigenvalue weighted by atomic mass is 10.1. The molecule has 2 aromatic carbocycles. The fourth-order valence-corrected chi connectivity index (χ4v) is 3.31. The van der Waals surface area contributed by atoms with E-state index in [-0.39, 0.29) is 18.4 Å². The lowest BCUT2D eigenvalue weighted by Crippen LogP contribution is -2.42. The topological polar surface area (TPSA) is 117 Å². The van der Waals surface area contributed by atoms with Crippen molar-refractivity contribution in [1.29, 1.82) is 0 Å². The molecule has 0 radical (unpaired) electrons.